The fourth-order valence-electron chi connectivity index (χ4n) is 10.4. The Morgan fingerprint density at radius 1 is 0.862 bits per heavy atom. The number of aliphatic hydroxyl groups excluding tert-OH is 2. The fourth-order valence-corrected chi connectivity index (χ4v) is 10.4. The summed E-state index contributed by atoms with van der Waals surface area (Å²) in [6, 6.07) is -1.13. The first kappa shape index (κ1) is 54.5. The number of esters is 1. The largest absolute Gasteiger partial charge is 0.460 e. The van der Waals surface area contributed by atoms with Crippen molar-refractivity contribution in [2.45, 2.75) is 193 Å². The van der Waals surface area contributed by atoms with Crippen molar-refractivity contribution in [3.8, 4) is 0 Å². The van der Waals surface area contributed by atoms with Crippen LogP contribution in [-0.4, -0.2) is 132 Å². The number of amides is 1. The topological polar surface area (TPSA) is 195 Å². The molecule has 14 nitrogen and oxygen atoms in total. The van der Waals surface area contributed by atoms with E-state index < -0.39 is 77.8 Å². The lowest BCUT2D eigenvalue weighted by Crippen LogP contribution is -2.61. The number of carbonyl (C=O) groups excluding carboxylic acids is 5. The molecule has 4 rings (SSSR count). The van der Waals surface area contributed by atoms with Crippen molar-refractivity contribution >= 4 is 29.2 Å². The molecule has 1 aliphatic carbocycles. The number of hydrogen-bond donors (Lipinski definition) is 3. The molecule has 0 radical (unpaired) electrons. The van der Waals surface area contributed by atoms with E-state index in [1.807, 2.05) is 27.7 Å². The number of ether oxygens (including phenoxy) is 5. The maximum absolute atomic E-state index is 14.4. The van der Waals surface area contributed by atoms with Gasteiger partial charge in [0.25, 0.3) is 11.7 Å². The molecular formula is C51H81NO13. The van der Waals surface area contributed by atoms with Gasteiger partial charge in [0.1, 0.15) is 30.1 Å². The van der Waals surface area contributed by atoms with Gasteiger partial charge in [0.05, 0.1) is 24.4 Å². The molecule has 1 saturated carbocycles. The second-order valence-electron chi connectivity index (χ2n) is 19.9. The number of piperidine rings is 1. The number of ketones is 3. The monoisotopic (exact) mass is 916 g/mol. The van der Waals surface area contributed by atoms with Crippen molar-refractivity contribution in [1.82, 2.24) is 4.90 Å². The zero-order valence-corrected chi connectivity index (χ0v) is 40.9. The van der Waals surface area contributed by atoms with E-state index in [-0.39, 0.29) is 60.9 Å². The van der Waals surface area contributed by atoms with Gasteiger partial charge in [-0.1, -0.05) is 58.9 Å². The molecule has 3 aliphatic heterocycles. The van der Waals surface area contributed by atoms with Gasteiger partial charge in [0.15, 0.2) is 5.78 Å². The summed E-state index contributed by atoms with van der Waals surface area (Å²) in [4.78, 5) is 71.8. The van der Waals surface area contributed by atoms with Crippen LogP contribution in [0.5, 0.6) is 0 Å². The van der Waals surface area contributed by atoms with Crippen LogP contribution in [-0.2, 0) is 47.7 Å². The number of nitrogens with zero attached hydrogens (tertiary/aromatic N) is 1. The number of rotatable bonds is 6. The third-order valence-corrected chi connectivity index (χ3v) is 14.7. The summed E-state index contributed by atoms with van der Waals surface area (Å²) in [6.45, 7) is 12.9. The van der Waals surface area contributed by atoms with Crippen LogP contribution in [0.25, 0.3) is 0 Å². The Kier molecular flexibility index (Phi) is 21.2. The lowest BCUT2D eigenvalue weighted by atomic mass is 9.78. The number of methoxy groups -OCH3 is 3. The number of carbonyl (C=O) groups is 5. The number of fused-ring (bicyclic) bond motifs is 3. The SMILES string of the molecule is CO[C@H]1C[C@@H]2CC[C@@H](C)[C@](O)(O2)C(=O)C(=O)N2CCCC[C@H]2C(=O)O[C@H]([C@H](C)C[C@@H]2CC[C@@H](O)[C@H](OC)C2)CC(=O)[C@H](C)/C=C(/C)[C@@H](O)[C@@H](OC)C(=O)[C@H](C)C[C@H](C)/C=C/CC/C=C/1C. The Balaban J connectivity index is 1.69. The Hall–Kier alpha value is -3.11. The van der Waals surface area contributed by atoms with Gasteiger partial charge in [-0.2, -0.15) is 0 Å². The lowest BCUT2D eigenvalue weighted by molar-refractivity contribution is -0.265. The molecule has 0 spiro atoms. The van der Waals surface area contributed by atoms with Gasteiger partial charge < -0.3 is 43.9 Å². The van der Waals surface area contributed by atoms with Crippen LogP contribution in [0.1, 0.15) is 138 Å². The summed E-state index contributed by atoms with van der Waals surface area (Å²) in [5.74, 6) is -7.80. The number of Topliss-reactive ketones (excluding diaryl/α,β-unsaturated/α-hetero) is 3. The van der Waals surface area contributed by atoms with Crippen LogP contribution in [0.3, 0.4) is 0 Å². The van der Waals surface area contributed by atoms with Gasteiger partial charge in [-0.25, -0.2) is 4.79 Å². The zero-order chi connectivity index (χ0) is 48.2. The third kappa shape index (κ3) is 14.4. The first-order valence-electron chi connectivity index (χ1n) is 24.2. The van der Waals surface area contributed by atoms with E-state index in [1.54, 1.807) is 41.1 Å². The highest BCUT2D eigenvalue weighted by molar-refractivity contribution is 6.39. The highest BCUT2D eigenvalue weighted by Gasteiger charge is 2.53. The second kappa shape index (κ2) is 25.3. The normalized spacial score (nSPS) is 40.2. The van der Waals surface area contributed by atoms with Crippen molar-refractivity contribution in [3.63, 3.8) is 0 Å². The van der Waals surface area contributed by atoms with Gasteiger partial charge in [-0.05, 0) is 120 Å². The highest BCUT2D eigenvalue weighted by atomic mass is 16.6. The maximum atomic E-state index is 14.4. The van der Waals surface area contributed by atoms with Gasteiger partial charge >= 0.3 is 5.97 Å². The maximum Gasteiger partial charge on any atom is 0.329 e. The minimum absolute atomic E-state index is 0.0706. The summed E-state index contributed by atoms with van der Waals surface area (Å²) in [5, 5.41) is 33.9. The first-order chi connectivity index (χ1) is 30.7. The van der Waals surface area contributed by atoms with E-state index >= 15 is 0 Å². The molecule has 2 saturated heterocycles. The van der Waals surface area contributed by atoms with Crippen molar-refractivity contribution in [3.05, 3.63) is 35.5 Å². The summed E-state index contributed by atoms with van der Waals surface area (Å²) >= 11 is 0. The fraction of sp³-hybridized carbons (Fsp3) is 0.784. The minimum atomic E-state index is -2.41. The molecule has 368 valence electrons. The van der Waals surface area contributed by atoms with Crippen LogP contribution in [0.15, 0.2) is 35.5 Å². The van der Waals surface area contributed by atoms with Gasteiger partial charge in [0, 0.05) is 58.5 Å². The van der Waals surface area contributed by atoms with Gasteiger partial charge in [-0.15, -0.1) is 0 Å². The average molecular weight is 916 g/mol. The zero-order valence-electron chi connectivity index (χ0n) is 40.9. The molecule has 0 aromatic rings. The van der Waals surface area contributed by atoms with Crippen LogP contribution in [0, 0.1) is 35.5 Å². The molecule has 0 unspecified atom stereocenters. The van der Waals surface area contributed by atoms with E-state index in [4.69, 9.17) is 23.7 Å². The molecule has 0 aromatic heterocycles. The minimum Gasteiger partial charge on any atom is -0.460 e. The molecular weight excluding hydrogens is 835 g/mol. The average Bonchev–Trinajstić information content (AvgIpc) is 3.28. The standard InChI is InChI=1S/C51H81NO13/c1-30-16-12-11-13-17-31(2)42(61-8)28-38-21-19-36(7)51(60,65-38)48(57)49(58)52-23-15-14-18-39(52)50(59)64-43(33(4)26-37-20-22-40(53)44(27-37)62-9)29-41(54)32(3)25-35(6)46(56)47(63-10)45(55)34(5)24-30/h12,16-17,25,30,32-34,36-40,42-44,46-47,53,56,60H,11,13-15,18-24,26-29H2,1-10H3/b16-12+,31-17+,35-25-/t30-,32-,33-,34-,36-,37+,38+,39+,40-,42+,43+,44-,46-,47+,51+/m1/s1. The Morgan fingerprint density at radius 2 is 1.58 bits per heavy atom. The summed E-state index contributed by atoms with van der Waals surface area (Å²) in [6.07, 6.45) is 9.61. The molecule has 4 aliphatic rings. The number of hydrogen-bond acceptors (Lipinski definition) is 13. The van der Waals surface area contributed by atoms with Crippen molar-refractivity contribution in [1.29, 1.82) is 0 Å². The molecule has 3 N–H and O–H groups in total. The molecule has 2 bridgehead atoms. The van der Waals surface area contributed by atoms with E-state index in [1.165, 1.54) is 12.0 Å². The van der Waals surface area contributed by atoms with E-state index in [0.29, 0.717) is 63.4 Å². The molecule has 65 heavy (non-hydrogen) atoms. The van der Waals surface area contributed by atoms with E-state index in [2.05, 4.69) is 18.2 Å². The summed E-state index contributed by atoms with van der Waals surface area (Å²) in [5.41, 5.74) is 1.36. The molecule has 14 heteroatoms. The molecule has 15 atom stereocenters. The lowest BCUT2D eigenvalue weighted by Gasteiger charge is -2.42. The van der Waals surface area contributed by atoms with Crippen LogP contribution in [0.4, 0.5) is 0 Å². The Labute approximate surface area is 387 Å². The summed E-state index contributed by atoms with van der Waals surface area (Å²) < 4.78 is 29.4. The highest BCUT2D eigenvalue weighted by Crippen LogP contribution is 2.38. The Morgan fingerprint density at radius 3 is 2.26 bits per heavy atom. The van der Waals surface area contributed by atoms with E-state index in [0.717, 1.165) is 24.8 Å². The molecule has 3 heterocycles. The van der Waals surface area contributed by atoms with Gasteiger partial charge in [0.2, 0.25) is 5.79 Å². The predicted octanol–water partition coefficient (Wildman–Crippen LogP) is 6.40. The van der Waals surface area contributed by atoms with Crippen LogP contribution in [0.2, 0.25) is 0 Å². The molecule has 0 aromatic carbocycles. The van der Waals surface area contributed by atoms with Crippen molar-refractivity contribution in [2.24, 2.45) is 35.5 Å². The van der Waals surface area contributed by atoms with Crippen molar-refractivity contribution in [2.75, 3.05) is 27.9 Å². The van der Waals surface area contributed by atoms with Crippen LogP contribution < -0.4 is 0 Å². The number of allylic oxidation sites excluding steroid dienone is 4. The number of aliphatic hydroxyl groups is 3. The molecule has 3 fully saturated rings. The smallest absolute Gasteiger partial charge is 0.329 e. The summed E-state index contributed by atoms with van der Waals surface area (Å²) in [7, 11) is 4.56. The van der Waals surface area contributed by atoms with Crippen LogP contribution >= 0.6 is 0 Å². The first-order valence-corrected chi connectivity index (χ1v) is 24.2. The van der Waals surface area contributed by atoms with Crippen molar-refractivity contribution < 1.29 is 63.0 Å². The Bertz CT molecular complexity index is 1710. The van der Waals surface area contributed by atoms with Gasteiger partial charge in [-0.3, -0.25) is 19.2 Å². The molecule has 1 amide bonds. The second-order valence-corrected chi connectivity index (χ2v) is 19.9. The van der Waals surface area contributed by atoms with E-state index in [9.17, 15) is 39.3 Å². The third-order valence-electron chi connectivity index (χ3n) is 14.7. The number of cyclic esters (lactones) is 1. The predicted molar refractivity (Wildman–Crippen MR) is 245 cm³/mol. The quantitative estimate of drug-likeness (QED) is 0.151.